The van der Waals surface area contributed by atoms with E-state index in [1.807, 2.05) is 6.07 Å². The Hall–Kier alpha value is -6.97. The Morgan fingerprint density at radius 1 is 0.638 bits per heavy atom. The average molecular weight is 801 g/mol. The highest BCUT2D eigenvalue weighted by atomic mass is 16.6. The van der Waals surface area contributed by atoms with E-state index in [-0.39, 0.29) is 47.2 Å². The molecule has 0 bridgehead atoms. The summed E-state index contributed by atoms with van der Waals surface area (Å²) < 4.78 is 33.1. The fourth-order valence-corrected chi connectivity index (χ4v) is 5.53. The van der Waals surface area contributed by atoms with Gasteiger partial charge in [-0.2, -0.15) is 0 Å². The van der Waals surface area contributed by atoms with Crippen LogP contribution in [0.4, 0.5) is 9.59 Å². The predicted octanol–water partition coefficient (Wildman–Crippen LogP) is 5.60. The molecule has 5 N–H and O–H groups in total. The van der Waals surface area contributed by atoms with Gasteiger partial charge in [0.25, 0.3) is 0 Å². The molecule has 0 aliphatic carbocycles. The van der Waals surface area contributed by atoms with Crippen molar-refractivity contribution in [2.75, 3.05) is 28.4 Å². The molecule has 4 aromatic rings. The van der Waals surface area contributed by atoms with Gasteiger partial charge in [0.05, 0.1) is 21.3 Å². The van der Waals surface area contributed by atoms with Gasteiger partial charge in [-0.15, -0.1) is 0 Å². The Morgan fingerprint density at radius 2 is 1.31 bits per heavy atom. The molecule has 0 aliphatic rings. The third-order valence-corrected chi connectivity index (χ3v) is 8.34. The van der Waals surface area contributed by atoms with E-state index in [1.54, 1.807) is 69.3 Å². The number of alkyl carbamates (subject to hydrolysis) is 2. The molecule has 0 spiro atoms. The van der Waals surface area contributed by atoms with Crippen LogP contribution in [0.3, 0.4) is 0 Å². The molecule has 0 unspecified atom stereocenters. The van der Waals surface area contributed by atoms with Crippen LogP contribution in [-0.2, 0) is 36.9 Å². The van der Waals surface area contributed by atoms with E-state index in [9.17, 15) is 29.1 Å². The lowest BCUT2D eigenvalue weighted by molar-refractivity contribution is -0.139. The maximum atomic E-state index is 14.1. The first kappa shape index (κ1) is 43.8. The number of amides is 4. The van der Waals surface area contributed by atoms with Gasteiger partial charge < -0.3 is 54.8 Å². The van der Waals surface area contributed by atoms with Crippen molar-refractivity contribution in [2.45, 2.75) is 57.5 Å². The van der Waals surface area contributed by atoms with Gasteiger partial charge in [-0.1, -0.05) is 48.5 Å². The summed E-state index contributed by atoms with van der Waals surface area (Å²) in [7, 11) is 5.71. The van der Waals surface area contributed by atoms with E-state index in [4.69, 9.17) is 28.4 Å². The maximum absolute atomic E-state index is 14.1. The number of nitrogens with one attached hydrogen (secondary N) is 4. The van der Waals surface area contributed by atoms with Crippen molar-refractivity contribution < 1.29 is 57.5 Å². The lowest BCUT2D eigenvalue weighted by atomic mass is 10.0. The van der Waals surface area contributed by atoms with Crippen LogP contribution in [0.2, 0.25) is 0 Å². The fraction of sp³-hybridized carbons (Fsp3) is 0.310. The molecule has 308 valence electrons. The first-order chi connectivity index (χ1) is 27.6. The van der Waals surface area contributed by atoms with Crippen molar-refractivity contribution in [2.24, 2.45) is 0 Å². The molecular weight excluding hydrogens is 752 g/mol. The van der Waals surface area contributed by atoms with E-state index < -0.39 is 53.7 Å². The number of methoxy groups -OCH3 is 3. The summed E-state index contributed by atoms with van der Waals surface area (Å²) in [4.78, 5) is 65.3. The lowest BCUT2D eigenvalue weighted by Gasteiger charge is -2.24. The van der Waals surface area contributed by atoms with Crippen molar-refractivity contribution in [3.63, 3.8) is 0 Å². The summed E-state index contributed by atoms with van der Waals surface area (Å²) in [5, 5.41) is 20.3. The van der Waals surface area contributed by atoms with E-state index in [2.05, 4.69) is 21.3 Å². The molecule has 0 saturated heterocycles. The second-order valence-electron chi connectivity index (χ2n) is 13.7. The van der Waals surface area contributed by atoms with Crippen LogP contribution < -0.4 is 40.2 Å². The molecule has 0 saturated carbocycles. The van der Waals surface area contributed by atoms with Gasteiger partial charge in [0, 0.05) is 19.5 Å². The van der Waals surface area contributed by atoms with Crippen LogP contribution >= 0.6 is 0 Å². The minimum absolute atomic E-state index is 0.0272. The molecule has 4 amide bonds. The molecule has 4 rings (SSSR count). The van der Waals surface area contributed by atoms with E-state index in [0.717, 1.165) is 5.56 Å². The third-order valence-electron chi connectivity index (χ3n) is 8.34. The summed E-state index contributed by atoms with van der Waals surface area (Å²) in [6.07, 6.45) is -1.77. The SMILES string of the molecule is CNC(=O)[C@@H](NC(=O)[C@@H](Cc1ccc(OC)cc1)NC(=O)OCc1ccccc1)c1cc(OC)cc(Oc2cc([C@@H](NC(=O)OC(C)(C)C)C(=O)O)ccc2OC)c1. The smallest absolute Gasteiger partial charge is 0.408 e. The average Bonchev–Trinajstić information content (AvgIpc) is 3.20. The number of ether oxygens (including phenoxy) is 6. The second kappa shape index (κ2) is 20.3. The number of benzene rings is 4. The zero-order valence-corrected chi connectivity index (χ0v) is 33.2. The Bertz CT molecular complexity index is 2050. The van der Waals surface area contributed by atoms with Crippen LogP contribution in [0.1, 0.15) is 55.1 Å². The number of carboxylic acid groups (broad SMARTS) is 1. The van der Waals surface area contributed by atoms with Crippen LogP contribution in [-0.4, -0.2) is 75.1 Å². The number of aliphatic carboxylic acids is 1. The molecule has 16 heteroatoms. The van der Waals surface area contributed by atoms with Gasteiger partial charge >= 0.3 is 18.2 Å². The third kappa shape index (κ3) is 12.8. The summed E-state index contributed by atoms with van der Waals surface area (Å²) in [6.45, 7) is 4.90. The van der Waals surface area contributed by atoms with Gasteiger partial charge in [-0.05, 0) is 79.4 Å². The number of carboxylic acids is 1. The Labute approximate surface area is 336 Å². The number of carbonyl (C=O) groups is 5. The number of hydrogen-bond acceptors (Lipinski definition) is 11. The van der Waals surface area contributed by atoms with E-state index in [0.29, 0.717) is 11.3 Å². The maximum Gasteiger partial charge on any atom is 0.408 e. The van der Waals surface area contributed by atoms with E-state index in [1.165, 1.54) is 64.8 Å². The monoisotopic (exact) mass is 800 g/mol. The van der Waals surface area contributed by atoms with Crippen molar-refractivity contribution in [3.8, 4) is 28.7 Å². The topological polar surface area (TPSA) is 209 Å². The van der Waals surface area contributed by atoms with Crippen molar-refractivity contribution in [3.05, 3.63) is 113 Å². The quantitative estimate of drug-likeness (QED) is 0.0885. The Morgan fingerprint density at radius 3 is 1.91 bits per heavy atom. The molecule has 16 nitrogen and oxygen atoms in total. The van der Waals surface area contributed by atoms with Crippen molar-refractivity contribution in [1.82, 2.24) is 21.3 Å². The molecule has 3 atom stereocenters. The standard InChI is InChI=1S/C42H48N4O12/c1-42(2,3)58-41(52)46-36(39(49)50)27-15-18-33(55-7)34(22-27)57-31-21-28(20-30(23-31)54-6)35(38(48)43-4)45-37(47)32(19-25-13-16-29(53-5)17-14-25)44-40(51)56-24-26-11-9-8-10-12-26/h8-18,20-23,32,35-36H,19,24H2,1-7H3,(H,43,48)(H,44,51)(H,45,47)(H,46,52)(H,49,50)/t32-,35+,36-/m1/s1. The first-order valence-electron chi connectivity index (χ1n) is 18.0. The summed E-state index contributed by atoms with van der Waals surface area (Å²) in [5.41, 5.74) is 0.903. The Balaban J connectivity index is 1.65. The van der Waals surface area contributed by atoms with Gasteiger partial charge in [0.1, 0.15) is 41.5 Å². The largest absolute Gasteiger partial charge is 0.497 e. The summed E-state index contributed by atoms with van der Waals surface area (Å²) in [5.74, 6) is -1.49. The van der Waals surface area contributed by atoms with Crippen LogP contribution in [0.15, 0.2) is 91.0 Å². The highest BCUT2D eigenvalue weighted by molar-refractivity contribution is 5.92. The molecule has 0 aromatic heterocycles. The number of hydrogen-bond donors (Lipinski definition) is 5. The van der Waals surface area contributed by atoms with Crippen LogP contribution in [0.5, 0.6) is 28.7 Å². The molecular formula is C42H48N4O12. The number of likely N-dealkylation sites (N-methyl/N-ethyl adjacent to an activating group) is 1. The summed E-state index contributed by atoms with van der Waals surface area (Å²) in [6, 6.07) is 20.7. The van der Waals surface area contributed by atoms with Crippen LogP contribution in [0.25, 0.3) is 0 Å². The second-order valence-corrected chi connectivity index (χ2v) is 13.7. The van der Waals surface area contributed by atoms with Gasteiger partial charge in [0.2, 0.25) is 11.8 Å². The molecule has 58 heavy (non-hydrogen) atoms. The Kier molecular flexibility index (Phi) is 15.3. The normalized spacial score (nSPS) is 12.4. The number of rotatable bonds is 17. The lowest BCUT2D eigenvalue weighted by Crippen LogP contribution is -2.51. The first-order valence-corrected chi connectivity index (χ1v) is 18.0. The molecule has 0 heterocycles. The van der Waals surface area contributed by atoms with Crippen molar-refractivity contribution in [1.29, 1.82) is 0 Å². The zero-order valence-electron chi connectivity index (χ0n) is 33.2. The molecule has 0 fully saturated rings. The predicted molar refractivity (Wildman–Crippen MR) is 211 cm³/mol. The zero-order chi connectivity index (χ0) is 42.4. The number of carbonyl (C=O) groups excluding carboxylic acids is 4. The highest BCUT2D eigenvalue weighted by Crippen LogP contribution is 2.37. The van der Waals surface area contributed by atoms with E-state index >= 15 is 0 Å². The molecule has 0 aliphatic heterocycles. The van der Waals surface area contributed by atoms with Gasteiger partial charge in [-0.25, -0.2) is 14.4 Å². The van der Waals surface area contributed by atoms with Gasteiger partial charge in [-0.3, -0.25) is 9.59 Å². The highest BCUT2D eigenvalue weighted by Gasteiger charge is 2.30. The minimum atomic E-state index is -1.52. The van der Waals surface area contributed by atoms with Crippen LogP contribution in [0, 0.1) is 0 Å². The molecule has 4 aromatic carbocycles. The van der Waals surface area contributed by atoms with Crippen molar-refractivity contribution >= 4 is 30.0 Å². The van der Waals surface area contributed by atoms with Gasteiger partial charge in [0.15, 0.2) is 17.5 Å². The molecule has 0 radical (unpaired) electrons. The fourth-order valence-electron chi connectivity index (χ4n) is 5.53. The summed E-state index contributed by atoms with van der Waals surface area (Å²) >= 11 is 0. The minimum Gasteiger partial charge on any atom is -0.497 e.